The van der Waals surface area contributed by atoms with Crippen molar-refractivity contribution in [3.63, 3.8) is 0 Å². The third-order valence-electron chi connectivity index (χ3n) is 4.20. The van der Waals surface area contributed by atoms with Crippen molar-refractivity contribution in [2.75, 3.05) is 11.9 Å². The standard InChI is InChI=1S/C17H24N4O5S/c1-9(2)11-6-5-7-12(10(3)4)14(11)19-17(24)21-27(25,26)13-8-18-16(23)20-15(13)22/h5-7,9-10,13H,8H2,1-4H3,(H2,19,21,24)(H2,18,20,22,23). The number of sulfonamides is 1. The van der Waals surface area contributed by atoms with Crippen LogP contribution in [0.2, 0.25) is 0 Å². The van der Waals surface area contributed by atoms with E-state index in [9.17, 15) is 22.8 Å². The van der Waals surface area contributed by atoms with Gasteiger partial charge in [-0.15, -0.1) is 0 Å². The number of amides is 5. The van der Waals surface area contributed by atoms with Gasteiger partial charge in [0, 0.05) is 12.2 Å². The topological polar surface area (TPSA) is 133 Å². The van der Waals surface area contributed by atoms with Crippen molar-refractivity contribution in [1.82, 2.24) is 15.4 Å². The van der Waals surface area contributed by atoms with Gasteiger partial charge < -0.3 is 10.6 Å². The molecule has 5 amide bonds. The Morgan fingerprint density at radius 2 is 1.67 bits per heavy atom. The summed E-state index contributed by atoms with van der Waals surface area (Å²) in [6.45, 7) is 7.46. The molecular formula is C17H24N4O5S. The maximum atomic E-state index is 12.4. The molecule has 148 valence electrons. The van der Waals surface area contributed by atoms with Gasteiger partial charge in [0.1, 0.15) is 0 Å². The van der Waals surface area contributed by atoms with Gasteiger partial charge >= 0.3 is 12.1 Å². The van der Waals surface area contributed by atoms with E-state index in [1.165, 1.54) is 0 Å². The second-order valence-corrected chi connectivity index (χ2v) is 8.77. The Morgan fingerprint density at radius 1 is 1.11 bits per heavy atom. The highest BCUT2D eigenvalue weighted by Crippen LogP contribution is 2.32. The van der Waals surface area contributed by atoms with E-state index < -0.39 is 39.8 Å². The van der Waals surface area contributed by atoms with Crippen LogP contribution < -0.4 is 20.7 Å². The number of nitrogens with one attached hydrogen (secondary N) is 4. The highest BCUT2D eigenvalue weighted by Gasteiger charge is 2.38. The summed E-state index contributed by atoms with van der Waals surface area (Å²) in [6.07, 6.45) is 0. The molecule has 0 saturated carbocycles. The number of carbonyl (C=O) groups is 3. The monoisotopic (exact) mass is 396 g/mol. The SMILES string of the molecule is CC(C)c1cccc(C(C)C)c1NC(=O)NS(=O)(=O)C1CNC(=O)NC1=O. The Hall–Kier alpha value is -2.62. The first kappa shape index (κ1) is 20.7. The largest absolute Gasteiger partial charge is 0.336 e. The fraction of sp³-hybridized carbons (Fsp3) is 0.471. The van der Waals surface area contributed by atoms with Gasteiger partial charge in [-0.25, -0.2) is 22.7 Å². The highest BCUT2D eigenvalue weighted by atomic mass is 32.2. The van der Waals surface area contributed by atoms with Gasteiger partial charge in [-0.3, -0.25) is 10.1 Å². The first-order chi connectivity index (χ1) is 12.5. The van der Waals surface area contributed by atoms with Crippen molar-refractivity contribution in [2.45, 2.75) is 44.8 Å². The average molecular weight is 396 g/mol. The van der Waals surface area contributed by atoms with Crippen LogP contribution >= 0.6 is 0 Å². The molecule has 1 saturated heterocycles. The molecule has 0 aliphatic carbocycles. The molecule has 1 aliphatic rings. The summed E-state index contributed by atoms with van der Waals surface area (Å²) in [5.41, 5.74) is 2.30. The first-order valence-electron chi connectivity index (χ1n) is 8.57. The fourth-order valence-electron chi connectivity index (χ4n) is 2.80. The van der Waals surface area contributed by atoms with Gasteiger partial charge in [0.25, 0.3) is 0 Å². The molecule has 1 aromatic rings. The second kappa shape index (κ2) is 7.95. The van der Waals surface area contributed by atoms with Crippen LogP contribution in [-0.2, 0) is 14.8 Å². The third-order valence-corrected chi connectivity index (χ3v) is 5.80. The lowest BCUT2D eigenvalue weighted by atomic mass is 9.93. The summed E-state index contributed by atoms with van der Waals surface area (Å²) in [5.74, 6) is -0.769. The Bertz CT molecular complexity index is 838. The van der Waals surface area contributed by atoms with Crippen LogP contribution in [0.3, 0.4) is 0 Å². The maximum Gasteiger partial charge on any atom is 0.332 e. The zero-order valence-electron chi connectivity index (χ0n) is 15.6. The fourth-order valence-corrected chi connectivity index (χ4v) is 3.90. The normalized spacial score (nSPS) is 17.5. The Labute approximate surface area is 158 Å². The number of rotatable bonds is 5. The summed E-state index contributed by atoms with van der Waals surface area (Å²) in [7, 11) is -4.33. The van der Waals surface area contributed by atoms with Gasteiger partial charge in [-0.1, -0.05) is 45.9 Å². The Balaban J connectivity index is 2.23. The molecule has 0 spiro atoms. The van der Waals surface area contributed by atoms with Crippen LogP contribution in [0, 0.1) is 0 Å². The van der Waals surface area contributed by atoms with Crippen molar-refractivity contribution >= 4 is 33.7 Å². The average Bonchev–Trinajstić information content (AvgIpc) is 2.53. The van der Waals surface area contributed by atoms with E-state index in [0.717, 1.165) is 11.1 Å². The first-order valence-corrected chi connectivity index (χ1v) is 10.1. The van der Waals surface area contributed by atoms with Crippen LogP contribution in [0.1, 0.15) is 50.7 Å². The maximum absolute atomic E-state index is 12.4. The molecule has 1 aliphatic heterocycles. The number of benzene rings is 1. The molecule has 9 nitrogen and oxygen atoms in total. The molecule has 27 heavy (non-hydrogen) atoms. The molecule has 2 rings (SSSR count). The summed E-state index contributed by atoms with van der Waals surface area (Å²) in [4.78, 5) is 35.2. The summed E-state index contributed by atoms with van der Waals surface area (Å²) in [6, 6.07) is 3.88. The van der Waals surface area contributed by atoms with Crippen LogP contribution in [-0.4, -0.2) is 38.2 Å². The molecule has 0 bridgehead atoms. The minimum atomic E-state index is -4.33. The predicted octanol–water partition coefficient (Wildman–Crippen LogP) is 1.59. The predicted molar refractivity (Wildman–Crippen MR) is 101 cm³/mol. The minimum Gasteiger partial charge on any atom is -0.336 e. The van der Waals surface area contributed by atoms with Crippen molar-refractivity contribution in [3.8, 4) is 0 Å². The minimum absolute atomic E-state index is 0.106. The van der Waals surface area contributed by atoms with E-state index in [4.69, 9.17) is 0 Å². The molecule has 0 aromatic heterocycles. The van der Waals surface area contributed by atoms with Gasteiger partial charge in [-0.05, 0) is 23.0 Å². The van der Waals surface area contributed by atoms with Crippen LogP contribution in [0.15, 0.2) is 18.2 Å². The van der Waals surface area contributed by atoms with E-state index >= 15 is 0 Å². The number of hydrogen-bond donors (Lipinski definition) is 4. The van der Waals surface area contributed by atoms with Crippen molar-refractivity contribution in [1.29, 1.82) is 0 Å². The summed E-state index contributed by atoms with van der Waals surface area (Å²) >= 11 is 0. The molecule has 4 N–H and O–H groups in total. The number of carbonyl (C=O) groups excluding carboxylic acids is 3. The Kier molecular flexibility index (Phi) is 6.09. The van der Waals surface area contributed by atoms with E-state index in [2.05, 4.69) is 10.6 Å². The van der Waals surface area contributed by atoms with Gasteiger partial charge in [0.2, 0.25) is 15.9 Å². The zero-order chi connectivity index (χ0) is 20.4. The molecule has 1 unspecified atom stereocenters. The van der Waals surface area contributed by atoms with Crippen LogP contribution in [0.4, 0.5) is 15.3 Å². The quantitative estimate of drug-likeness (QED) is 0.600. The molecule has 1 atom stereocenters. The lowest BCUT2D eigenvalue weighted by molar-refractivity contribution is -0.120. The third kappa shape index (κ3) is 4.76. The molecule has 1 fully saturated rings. The van der Waals surface area contributed by atoms with Crippen molar-refractivity contribution in [2.24, 2.45) is 0 Å². The van der Waals surface area contributed by atoms with E-state index in [0.29, 0.717) is 5.69 Å². The second-order valence-electron chi connectivity index (χ2n) is 6.91. The Morgan fingerprint density at radius 3 is 2.15 bits per heavy atom. The molecule has 1 heterocycles. The van der Waals surface area contributed by atoms with Crippen LogP contribution in [0.5, 0.6) is 0 Å². The number of hydrogen-bond acceptors (Lipinski definition) is 5. The molecular weight excluding hydrogens is 372 g/mol. The summed E-state index contributed by atoms with van der Waals surface area (Å²) in [5, 5.41) is 5.11. The number of urea groups is 2. The van der Waals surface area contributed by atoms with E-state index in [1.54, 1.807) is 0 Å². The van der Waals surface area contributed by atoms with Crippen molar-refractivity contribution < 1.29 is 22.8 Å². The summed E-state index contributed by atoms with van der Waals surface area (Å²) < 4.78 is 26.6. The molecule has 0 radical (unpaired) electrons. The lowest BCUT2D eigenvalue weighted by Crippen LogP contribution is -2.60. The number of anilines is 1. The van der Waals surface area contributed by atoms with E-state index in [1.807, 2.05) is 55.9 Å². The number of para-hydroxylation sites is 1. The van der Waals surface area contributed by atoms with Crippen LogP contribution in [0.25, 0.3) is 0 Å². The van der Waals surface area contributed by atoms with Crippen molar-refractivity contribution in [3.05, 3.63) is 29.3 Å². The highest BCUT2D eigenvalue weighted by molar-refractivity contribution is 7.91. The van der Waals surface area contributed by atoms with E-state index in [-0.39, 0.29) is 11.8 Å². The van der Waals surface area contributed by atoms with Gasteiger partial charge in [-0.2, -0.15) is 0 Å². The van der Waals surface area contributed by atoms with Gasteiger partial charge in [0.05, 0.1) is 0 Å². The smallest absolute Gasteiger partial charge is 0.332 e. The molecule has 1 aromatic carbocycles. The van der Waals surface area contributed by atoms with Gasteiger partial charge in [0.15, 0.2) is 5.25 Å². The lowest BCUT2D eigenvalue weighted by Gasteiger charge is -2.23. The molecule has 10 heteroatoms. The zero-order valence-corrected chi connectivity index (χ0v) is 16.4. The number of imide groups is 1.